The minimum atomic E-state index is -3.74. The molecule has 0 radical (unpaired) electrons. The number of ether oxygens (including phenoxy) is 1. The molecule has 110 valence electrons. The maximum atomic E-state index is 12.3. The summed E-state index contributed by atoms with van der Waals surface area (Å²) < 4.78 is 33.4. The molecular weight excluding hydrogens is 272 g/mol. The molecule has 0 atom stereocenters. The Kier molecular flexibility index (Phi) is 4.44. The Balaban J connectivity index is 2.13. The predicted molar refractivity (Wildman–Crippen MR) is 67.9 cm³/mol. The van der Waals surface area contributed by atoms with Gasteiger partial charge in [0.2, 0.25) is 0 Å². The van der Waals surface area contributed by atoms with Crippen LogP contribution in [0.5, 0.6) is 0 Å². The molecule has 7 nitrogen and oxygen atoms in total. The Labute approximate surface area is 113 Å². The van der Waals surface area contributed by atoms with Crippen LogP contribution in [0.15, 0.2) is 0 Å². The zero-order chi connectivity index (χ0) is 13.9. The van der Waals surface area contributed by atoms with Gasteiger partial charge in [0.25, 0.3) is 10.2 Å². The summed E-state index contributed by atoms with van der Waals surface area (Å²) in [5, 5.41) is 9.35. The first-order valence-corrected chi connectivity index (χ1v) is 8.00. The van der Waals surface area contributed by atoms with Gasteiger partial charge in [0.15, 0.2) is 0 Å². The lowest BCUT2D eigenvalue weighted by Gasteiger charge is -2.36. The summed E-state index contributed by atoms with van der Waals surface area (Å²) in [4.78, 5) is 11.4. The van der Waals surface area contributed by atoms with E-state index in [9.17, 15) is 18.3 Å². The Bertz CT molecular complexity index is 424. The molecule has 19 heavy (non-hydrogen) atoms. The number of aliphatic carboxylic acids is 1. The highest BCUT2D eigenvalue weighted by molar-refractivity contribution is 7.87. The third-order valence-electron chi connectivity index (χ3n) is 3.74. The largest absolute Gasteiger partial charge is 0.480 e. The zero-order valence-corrected chi connectivity index (χ0v) is 11.6. The smallest absolute Gasteiger partial charge is 0.325 e. The number of piperidine rings is 1. The van der Waals surface area contributed by atoms with Crippen molar-refractivity contribution in [1.82, 2.24) is 9.03 Å². The van der Waals surface area contributed by atoms with Crippen molar-refractivity contribution in [1.29, 1.82) is 0 Å². The van der Waals surface area contributed by atoms with Crippen molar-refractivity contribution in [3.63, 3.8) is 0 Å². The van der Waals surface area contributed by atoms with Crippen molar-refractivity contribution in [3.8, 4) is 0 Å². The molecule has 2 saturated heterocycles. The lowest BCUT2D eigenvalue weighted by atomic mass is 9.92. The van der Waals surface area contributed by atoms with Crippen LogP contribution in [0.3, 0.4) is 0 Å². The molecule has 8 heteroatoms. The molecule has 0 aromatic carbocycles. The molecule has 2 fully saturated rings. The number of nitrogens with one attached hydrogen (secondary N) is 1. The number of hydrogen-bond donors (Lipinski definition) is 2. The van der Waals surface area contributed by atoms with Crippen LogP contribution >= 0.6 is 0 Å². The molecule has 2 rings (SSSR count). The van der Waals surface area contributed by atoms with Crippen LogP contribution in [-0.4, -0.2) is 55.6 Å². The van der Waals surface area contributed by atoms with Crippen LogP contribution in [0.4, 0.5) is 0 Å². The highest BCUT2D eigenvalue weighted by atomic mass is 32.2. The van der Waals surface area contributed by atoms with Gasteiger partial charge in [-0.3, -0.25) is 4.79 Å². The monoisotopic (exact) mass is 292 g/mol. The molecule has 0 unspecified atom stereocenters. The Hall–Kier alpha value is -0.700. The molecule has 2 heterocycles. The van der Waals surface area contributed by atoms with Gasteiger partial charge in [0, 0.05) is 39.1 Å². The number of rotatable bonds is 4. The molecule has 0 aromatic heterocycles. The van der Waals surface area contributed by atoms with Gasteiger partial charge in [-0.15, -0.1) is 0 Å². The minimum Gasteiger partial charge on any atom is -0.480 e. The molecule has 0 bridgehead atoms. The summed E-state index contributed by atoms with van der Waals surface area (Å²) in [7, 11) is -3.74. The second kappa shape index (κ2) is 5.74. The molecule has 0 aromatic rings. The van der Waals surface area contributed by atoms with E-state index in [2.05, 4.69) is 4.72 Å². The van der Waals surface area contributed by atoms with Crippen molar-refractivity contribution < 1.29 is 23.1 Å². The average molecular weight is 292 g/mol. The molecule has 0 saturated carbocycles. The van der Waals surface area contributed by atoms with Crippen LogP contribution in [-0.2, 0) is 19.7 Å². The molecule has 0 aliphatic carbocycles. The van der Waals surface area contributed by atoms with Gasteiger partial charge in [-0.2, -0.15) is 17.4 Å². The first kappa shape index (κ1) is 14.7. The van der Waals surface area contributed by atoms with Crippen LogP contribution in [0.2, 0.25) is 0 Å². The van der Waals surface area contributed by atoms with Gasteiger partial charge in [-0.25, -0.2) is 0 Å². The molecule has 0 spiro atoms. The van der Waals surface area contributed by atoms with E-state index in [1.165, 1.54) is 4.31 Å². The number of nitrogens with zero attached hydrogens (tertiary/aromatic N) is 1. The van der Waals surface area contributed by atoms with E-state index in [1.54, 1.807) is 0 Å². The van der Waals surface area contributed by atoms with Crippen molar-refractivity contribution in [3.05, 3.63) is 0 Å². The normalized spacial score (nSPS) is 25.1. The lowest BCUT2D eigenvalue weighted by molar-refractivity contribution is -0.148. The van der Waals surface area contributed by atoms with E-state index >= 15 is 0 Å². The van der Waals surface area contributed by atoms with Gasteiger partial charge in [0.1, 0.15) is 5.54 Å². The second-order valence-corrected chi connectivity index (χ2v) is 6.74. The van der Waals surface area contributed by atoms with Crippen LogP contribution in [0, 0.1) is 0 Å². The second-order valence-electron chi connectivity index (χ2n) is 5.07. The van der Waals surface area contributed by atoms with E-state index < -0.39 is 21.7 Å². The Morgan fingerprint density at radius 1 is 1.16 bits per heavy atom. The van der Waals surface area contributed by atoms with Crippen LogP contribution < -0.4 is 4.72 Å². The van der Waals surface area contributed by atoms with Crippen molar-refractivity contribution in [2.24, 2.45) is 0 Å². The summed E-state index contributed by atoms with van der Waals surface area (Å²) in [6, 6.07) is 0. The minimum absolute atomic E-state index is 0.162. The van der Waals surface area contributed by atoms with Crippen molar-refractivity contribution in [2.75, 3.05) is 26.3 Å². The highest BCUT2D eigenvalue weighted by Gasteiger charge is 2.44. The van der Waals surface area contributed by atoms with E-state index in [0.29, 0.717) is 13.1 Å². The molecule has 2 N–H and O–H groups in total. The van der Waals surface area contributed by atoms with Gasteiger partial charge >= 0.3 is 5.97 Å². The first-order chi connectivity index (χ1) is 8.96. The zero-order valence-electron chi connectivity index (χ0n) is 10.8. The van der Waals surface area contributed by atoms with Gasteiger partial charge in [-0.1, -0.05) is 6.42 Å². The standard InChI is InChI=1S/C11H20N2O5S/c14-10(15)11(4-8-18-9-5-11)12-19(16,17)13-6-2-1-3-7-13/h12H,1-9H2,(H,14,15). The summed E-state index contributed by atoms with van der Waals surface area (Å²) in [6.45, 7) is 1.44. The van der Waals surface area contributed by atoms with E-state index in [1.807, 2.05) is 0 Å². The Morgan fingerprint density at radius 3 is 2.26 bits per heavy atom. The molecule has 2 aliphatic heterocycles. The molecular formula is C11H20N2O5S. The molecule has 2 aliphatic rings. The van der Waals surface area contributed by atoms with E-state index in [0.717, 1.165) is 19.3 Å². The fraction of sp³-hybridized carbons (Fsp3) is 0.909. The van der Waals surface area contributed by atoms with Crippen molar-refractivity contribution in [2.45, 2.75) is 37.6 Å². The maximum Gasteiger partial charge on any atom is 0.325 e. The number of carbonyl (C=O) groups is 1. The van der Waals surface area contributed by atoms with E-state index in [-0.39, 0.29) is 26.1 Å². The fourth-order valence-electron chi connectivity index (χ4n) is 2.50. The molecule has 0 amide bonds. The quantitative estimate of drug-likeness (QED) is 0.757. The summed E-state index contributed by atoms with van der Waals surface area (Å²) in [6.07, 6.45) is 2.99. The van der Waals surface area contributed by atoms with Crippen molar-refractivity contribution >= 4 is 16.2 Å². The number of carboxylic acid groups (broad SMARTS) is 1. The first-order valence-electron chi connectivity index (χ1n) is 6.56. The van der Waals surface area contributed by atoms with Crippen LogP contribution in [0.25, 0.3) is 0 Å². The summed E-state index contributed by atoms with van der Waals surface area (Å²) in [5.41, 5.74) is -1.42. The maximum absolute atomic E-state index is 12.3. The number of carboxylic acids is 1. The average Bonchev–Trinajstić information content (AvgIpc) is 2.40. The summed E-state index contributed by atoms with van der Waals surface area (Å²) >= 11 is 0. The third kappa shape index (κ3) is 3.25. The van der Waals surface area contributed by atoms with E-state index in [4.69, 9.17) is 4.74 Å². The summed E-state index contributed by atoms with van der Waals surface area (Å²) in [5.74, 6) is -1.13. The highest BCUT2D eigenvalue weighted by Crippen LogP contribution is 2.24. The fourth-order valence-corrected chi connectivity index (χ4v) is 4.15. The topological polar surface area (TPSA) is 95.9 Å². The van der Waals surface area contributed by atoms with Gasteiger partial charge in [-0.05, 0) is 12.8 Å². The third-order valence-corrected chi connectivity index (χ3v) is 5.43. The van der Waals surface area contributed by atoms with Gasteiger partial charge < -0.3 is 9.84 Å². The van der Waals surface area contributed by atoms with Crippen LogP contribution in [0.1, 0.15) is 32.1 Å². The predicted octanol–water partition coefficient (Wildman–Crippen LogP) is -0.0595. The SMILES string of the molecule is O=C(O)C1(NS(=O)(=O)N2CCCCC2)CCOCC1. The lowest BCUT2D eigenvalue weighted by Crippen LogP contribution is -2.60. The van der Waals surface area contributed by atoms with Gasteiger partial charge in [0.05, 0.1) is 0 Å². The Morgan fingerprint density at radius 2 is 1.74 bits per heavy atom. The number of hydrogen-bond acceptors (Lipinski definition) is 4.